The number of phenolic OH excluding ortho intramolecular Hbond substituents is 1. The lowest BCUT2D eigenvalue weighted by molar-refractivity contribution is -0.144. The molecule has 3 aromatic carbocycles. The van der Waals surface area contributed by atoms with Crippen LogP contribution in [0.15, 0.2) is 78.4 Å². The third-order valence-corrected chi connectivity index (χ3v) is 12.5. The third-order valence-electron chi connectivity index (χ3n) is 12.2. The molecule has 4 fully saturated rings. The van der Waals surface area contributed by atoms with Gasteiger partial charge in [-0.05, 0) is 68.4 Å². The van der Waals surface area contributed by atoms with E-state index >= 15 is 0 Å². The maximum absolute atomic E-state index is 14.6. The van der Waals surface area contributed by atoms with Gasteiger partial charge in [0, 0.05) is 37.2 Å². The number of phenols is 1. The summed E-state index contributed by atoms with van der Waals surface area (Å²) in [6.45, 7) is 4.06. The van der Waals surface area contributed by atoms with Crippen molar-refractivity contribution in [2.24, 2.45) is 29.1 Å². The Kier molecular flexibility index (Phi) is 8.30. The first-order chi connectivity index (χ1) is 24.5. The van der Waals surface area contributed by atoms with Gasteiger partial charge in [-0.1, -0.05) is 65.7 Å². The van der Waals surface area contributed by atoms with Crippen molar-refractivity contribution in [3.63, 3.8) is 0 Å². The maximum Gasteiger partial charge on any atom is 0.241 e. The summed E-state index contributed by atoms with van der Waals surface area (Å²) in [7, 11) is 1.44. The fourth-order valence-corrected chi connectivity index (χ4v) is 9.90. The molecule has 3 aliphatic heterocycles. The Bertz CT molecular complexity index is 1980. The highest BCUT2D eigenvalue weighted by atomic mass is 35.5. The van der Waals surface area contributed by atoms with E-state index in [1.165, 1.54) is 29.7 Å². The molecule has 0 bridgehead atoms. The van der Waals surface area contributed by atoms with Crippen LogP contribution in [0.2, 0.25) is 5.02 Å². The zero-order chi connectivity index (χ0) is 35.8. The van der Waals surface area contributed by atoms with E-state index < -0.39 is 52.6 Å². The number of halogens is 2. The van der Waals surface area contributed by atoms with Gasteiger partial charge < -0.3 is 9.84 Å². The number of imide groups is 2. The quantitative estimate of drug-likeness (QED) is 0.244. The Balaban J connectivity index is 1.14. The smallest absolute Gasteiger partial charge is 0.241 e. The SMILES string of the molecule is COc1cccc(C2C3=CCC4C(=O)N(C5CCN(Cc6ccccc6)CC5)C(=O)C4C3CC3C(=O)N(c4ccc(F)c(Cl)c4)C(=O)C32C)c1O. The predicted molar refractivity (Wildman–Crippen MR) is 187 cm³/mol. The number of carbonyl (C=O) groups excluding carboxylic acids is 4. The Labute approximate surface area is 300 Å². The predicted octanol–water partition coefficient (Wildman–Crippen LogP) is 6.09. The Morgan fingerprint density at radius 1 is 0.941 bits per heavy atom. The zero-order valence-corrected chi connectivity index (χ0v) is 29.2. The van der Waals surface area contributed by atoms with Crippen LogP contribution in [-0.4, -0.2) is 64.8 Å². The number of fused-ring (bicyclic) bond motifs is 4. The van der Waals surface area contributed by atoms with Crippen molar-refractivity contribution in [1.29, 1.82) is 0 Å². The van der Waals surface area contributed by atoms with Crippen molar-refractivity contribution < 1.29 is 33.4 Å². The molecule has 3 aromatic rings. The summed E-state index contributed by atoms with van der Waals surface area (Å²) in [6.07, 6.45) is 3.80. The molecule has 51 heavy (non-hydrogen) atoms. The van der Waals surface area contributed by atoms with E-state index in [4.69, 9.17) is 16.3 Å². The number of methoxy groups -OCH3 is 1. The monoisotopic (exact) mass is 711 g/mol. The molecule has 2 aliphatic carbocycles. The number of ether oxygens (including phenoxy) is 1. The molecule has 3 saturated heterocycles. The molecule has 264 valence electrons. The second-order valence-electron chi connectivity index (χ2n) is 14.7. The third kappa shape index (κ3) is 5.12. The lowest BCUT2D eigenvalue weighted by Gasteiger charge is -2.49. The topological polar surface area (TPSA) is 107 Å². The summed E-state index contributed by atoms with van der Waals surface area (Å²) in [4.78, 5) is 62.6. The average Bonchev–Trinajstić information content (AvgIpc) is 3.50. The van der Waals surface area contributed by atoms with Gasteiger partial charge in [0.2, 0.25) is 23.6 Å². The van der Waals surface area contributed by atoms with Crippen molar-refractivity contribution in [1.82, 2.24) is 9.80 Å². The number of aromatic hydroxyl groups is 1. The summed E-state index contributed by atoms with van der Waals surface area (Å²) in [5.41, 5.74) is 1.15. The van der Waals surface area contributed by atoms with Crippen molar-refractivity contribution in [2.75, 3.05) is 25.1 Å². The molecule has 4 amide bonds. The summed E-state index contributed by atoms with van der Waals surface area (Å²) >= 11 is 6.11. The first kappa shape index (κ1) is 33.6. The fourth-order valence-electron chi connectivity index (χ4n) is 9.73. The molecule has 5 aliphatic rings. The van der Waals surface area contributed by atoms with Crippen LogP contribution in [0.1, 0.15) is 49.7 Å². The van der Waals surface area contributed by atoms with Crippen molar-refractivity contribution in [2.45, 2.75) is 51.1 Å². The highest BCUT2D eigenvalue weighted by Gasteiger charge is 2.68. The minimum absolute atomic E-state index is 0.146. The molecule has 3 heterocycles. The van der Waals surface area contributed by atoms with Gasteiger partial charge in [-0.2, -0.15) is 0 Å². The number of likely N-dealkylation sites (tertiary alicyclic amines) is 2. The van der Waals surface area contributed by atoms with Gasteiger partial charge >= 0.3 is 0 Å². The Hall–Kier alpha value is -4.54. The molecule has 0 aromatic heterocycles. The maximum atomic E-state index is 14.6. The first-order valence-electron chi connectivity index (χ1n) is 17.6. The number of nitrogens with zero attached hydrogens (tertiary/aromatic N) is 3. The van der Waals surface area contributed by atoms with Crippen LogP contribution in [0.25, 0.3) is 0 Å². The van der Waals surface area contributed by atoms with Crippen LogP contribution >= 0.6 is 11.6 Å². The number of benzene rings is 3. The number of carbonyl (C=O) groups is 4. The lowest BCUT2D eigenvalue weighted by atomic mass is 9.51. The van der Waals surface area contributed by atoms with E-state index in [0.29, 0.717) is 24.8 Å². The van der Waals surface area contributed by atoms with E-state index in [2.05, 4.69) is 17.0 Å². The minimum atomic E-state index is -1.38. The summed E-state index contributed by atoms with van der Waals surface area (Å²) in [5, 5.41) is 11.3. The van der Waals surface area contributed by atoms with E-state index in [9.17, 15) is 28.7 Å². The number of allylic oxidation sites excluding steroid dienone is 2. The second-order valence-corrected chi connectivity index (χ2v) is 15.1. The van der Waals surface area contributed by atoms with Gasteiger partial charge in [-0.25, -0.2) is 9.29 Å². The molecular formula is C40H39ClFN3O6. The molecule has 11 heteroatoms. The minimum Gasteiger partial charge on any atom is -0.504 e. The summed E-state index contributed by atoms with van der Waals surface area (Å²) in [6, 6.07) is 18.8. The molecular weight excluding hydrogens is 673 g/mol. The molecule has 6 unspecified atom stereocenters. The number of amides is 4. The van der Waals surface area contributed by atoms with Gasteiger partial charge in [-0.3, -0.25) is 29.0 Å². The molecule has 9 nitrogen and oxygen atoms in total. The molecule has 0 radical (unpaired) electrons. The number of para-hydroxylation sites is 1. The van der Waals surface area contributed by atoms with E-state index in [0.717, 1.165) is 36.2 Å². The van der Waals surface area contributed by atoms with Gasteiger partial charge in [-0.15, -0.1) is 0 Å². The van der Waals surface area contributed by atoms with Crippen LogP contribution < -0.4 is 9.64 Å². The molecule has 0 spiro atoms. The summed E-state index contributed by atoms with van der Waals surface area (Å²) in [5.74, 6) is -5.53. The fraction of sp³-hybridized carbons (Fsp3) is 0.400. The van der Waals surface area contributed by atoms with Crippen LogP contribution in [-0.2, 0) is 25.7 Å². The lowest BCUT2D eigenvalue weighted by Crippen LogP contribution is -2.49. The first-order valence-corrected chi connectivity index (χ1v) is 17.9. The van der Waals surface area contributed by atoms with Crippen molar-refractivity contribution >= 4 is 40.9 Å². The van der Waals surface area contributed by atoms with E-state index in [1.807, 2.05) is 24.3 Å². The largest absolute Gasteiger partial charge is 0.504 e. The van der Waals surface area contributed by atoms with Crippen LogP contribution in [0.3, 0.4) is 0 Å². The Morgan fingerprint density at radius 3 is 2.39 bits per heavy atom. The van der Waals surface area contributed by atoms with E-state index in [-0.39, 0.29) is 46.5 Å². The molecule has 6 atom stereocenters. The number of anilines is 1. The number of piperidine rings is 1. The Morgan fingerprint density at radius 2 is 1.69 bits per heavy atom. The highest BCUT2D eigenvalue weighted by Crippen LogP contribution is 2.65. The molecule has 1 saturated carbocycles. The second kappa shape index (κ2) is 12.6. The van der Waals surface area contributed by atoms with Gasteiger partial charge in [0.05, 0.1) is 41.0 Å². The summed E-state index contributed by atoms with van der Waals surface area (Å²) < 4.78 is 19.6. The average molecular weight is 712 g/mol. The van der Waals surface area contributed by atoms with Crippen molar-refractivity contribution in [3.8, 4) is 11.5 Å². The van der Waals surface area contributed by atoms with Gasteiger partial charge in [0.1, 0.15) is 5.82 Å². The number of hydrogen-bond donors (Lipinski definition) is 1. The van der Waals surface area contributed by atoms with Crippen LogP contribution in [0.4, 0.5) is 10.1 Å². The number of hydrogen-bond acceptors (Lipinski definition) is 7. The van der Waals surface area contributed by atoms with Gasteiger partial charge in [0.15, 0.2) is 11.5 Å². The van der Waals surface area contributed by atoms with Crippen molar-refractivity contribution in [3.05, 3.63) is 100 Å². The molecule has 8 rings (SSSR count). The number of rotatable bonds is 6. The standard InChI is InChI=1S/C40H39ClFN3O6/c1-40-29(37(48)45(39(40)50)24-11-14-31(42)30(41)19-24)20-28-25(34(40)27-9-6-10-32(51-2)35(27)46)12-13-26-33(28)38(49)44(36(26)47)23-15-17-43(18-16-23)21-22-7-4-3-5-8-22/h3-12,14,19,23,26,28-29,33-34,46H,13,15-18,20-21H2,1-2H3. The normalized spacial score (nSPS) is 29.6. The van der Waals surface area contributed by atoms with Crippen LogP contribution in [0, 0.1) is 34.9 Å². The highest BCUT2D eigenvalue weighted by molar-refractivity contribution is 6.31. The zero-order valence-electron chi connectivity index (χ0n) is 28.4. The van der Waals surface area contributed by atoms with Gasteiger partial charge in [0.25, 0.3) is 0 Å². The van der Waals surface area contributed by atoms with E-state index in [1.54, 1.807) is 25.1 Å². The van der Waals surface area contributed by atoms with Crippen LogP contribution in [0.5, 0.6) is 11.5 Å². The molecule has 1 N–H and O–H groups in total.